The lowest BCUT2D eigenvalue weighted by atomic mass is 9.67. The summed E-state index contributed by atoms with van der Waals surface area (Å²) in [5.74, 6) is 0. The number of fused-ring (bicyclic) bond motifs is 1. The maximum absolute atomic E-state index is 5.73. The van der Waals surface area contributed by atoms with Gasteiger partial charge in [0.2, 0.25) is 0 Å². The van der Waals surface area contributed by atoms with E-state index in [9.17, 15) is 0 Å². The Morgan fingerprint density at radius 2 is 2.12 bits per heavy atom. The Morgan fingerprint density at radius 1 is 1.31 bits per heavy atom. The molecule has 2 nitrogen and oxygen atoms in total. The predicted octanol–water partition coefficient (Wildman–Crippen LogP) is 3.07. The third-order valence-corrected chi connectivity index (χ3v) is 4.96. The van der Waals surface area contributed by atoms with Crippen LogP contribution in [0.5, 0.6) is 0 Å². The SMILES string of the molecule is NCCC1(c2nc3ccccc3s2)CCC1. The second kappa shape index (κ2) is 3.82. The molecule has 0 radical (unpaired) electrons. The van der Waals surface area contributed by atoms with E-state index in [4.69, 9.17) is 10.7 Å². The molecule has 84 valence electrons. The molecule has 1 aliphatic carbocycles. The molecule has 1 fully saturated rings. The topological polar surface area (TPSA) is 38.9 Å². The Bertz CT molecular complexity index is 466. The minimum Gasteiger partial charge on any atom is -0.330 e. The molecule has 2 aromatic rings. The summed E-state index contributed by atoms with van der Waals surface area (Å²) in [5.41, 5.74) is 7.19. The van der Waals surface area contributed by atoms with E-state index in [2.05, 4.69) is 24.3 Å². The highest BCUT2D eigenvalue weighted by Crippen LogP contribution is 2.48. The second-order valence-electron chi connectivity index (χ2n) is 4.66. The van der Waals surface area contributed by atoms with Crippen LogP contribution in [0, 0.1) is 0 Å². The molecule has 1 aliphatic rings. The Kier molecular flexibility index (Phi) is 2.45. The van der Waals surface area contributed by atoms with Gasteiger partial charge in [-0.1, -0.05) is 18.6 Å². The first-order valence-electron chi connectivity index (χ1n) is 5.90. The van der Waals surface area contributed by atoms with E-state index in [0.29, 0.717) is 5.41 Å². The number of hydrogen-bond acceptors (Lipinski definition) is 3. The molecule has 2 N–H and O–H groups in total. The summed E-state index contributed by atoms with van der Waals surface area (Å²) in [5, 5.41) is 1.31. The number of benzene rings is 1. The van der Waals surface area contributed by atoms with Gasteiger partial charge in [0.1, 0.15) is 5.01 Å². The van der Waals surface area contributed by atoms with Crippen LogP contribution in [-0.4, -0.2) is 11.5 Å². The minimum absolute atomic E-state index is 0.318. The smallest absolute Gasteiger partial charge is 0.100 e. The van der Waals surface area contributed by atoms with Crippen molar-refractivity contribution < 1.29 is 0 Å². The molecule has 16 heavy (non-hydrogen) atoms. The summed E-state index contributed by atoms with van der Waals surface area (Å²) in [7, 11) is 0. The van der Waals surface area contributed by atoms with Gasteiger partial charge in [-0.25, -0.2) is 4.98 Å². The first-order valence-corrected chi connectivity index (χ1v) is 6.72. The summed E-state index contributed by atoms with van der Waals surface area (Å²) in [6.07, 6.45) is 4.96. The quantitative estimate of drug-likeness (QED) is 0.883. The normalized spacial score (nSPS) is 18.6. The van der Waals surface area contributed by atoms with Crippen molar-refractivity contribution >= 4 is 21.6 Å². The summed E-state index contributed by atoms with van der Waals surface area (Å²) in [6.45, 7) is 0.774. The molecular formula is C13H16N2S. The number of para-hydroxylation sites is 1. The monoisotopic (exact) mass is 232 g/mol. The van der Waals surface area contributed by atoms with Crippen molar-refractivity contribution in [3.05, 3.63) is 29.3 Å². The van der Waals surface area contributed by atoms with Crippen molar-refractivity contribution in [3.63, 3.8) is 0 Å². The van der Waals surface area contributed by atoms with Crippen LogP contribution in [0.2, 0.25) is 0 Å². The van der Waals surface area contributed by atoms with Crippen LogP contribution in [0.1, 0.15) is 30.7 Å². The van der Waals surface area contributed by atoms with E-state index in [-0.39, 0.29) is 0 Å². The molecule has 0 atom stereocenters. The van der Waals surface area contributed by atoms with Gasteiger partial charge >= 0.3 is 0 Å². The fraction of sp³-hybridized carbons (Fsp3) is 0.462. The van der Waals surface area contributed by atoms with Gasteiger partial charge in [0, 0.05) is 5.41 Å². The van der Waals surface area contributed by atoms with Crippen LogP contribution < -0.4 is 5.73 Å². The zero-order valence-electron chi connectivity index (χ0n) is 9.28. The number of nitrogens with zero attached hydrogens (tertiary/aromatic N) is 1. The highest BCUT2D eigenvalue weighted by Gasteiger charge is 2.40. The van der Waals surface area contributed by atoms with Gasteiger partial charge in [-0.05, 0) is 37.9 Å². The molecule has 1 heterocycles. The van der Waals surface area contributed by atoms with Crippen molar-refractivity contribution in [1.29, 1.82) is 0 Å². The molecule has 0 bridgehead atoms. The first kappa shape index (κ1) is 10.2. The Balaban J connectivity index is 2.04. The summed E-state index contributed by atoms with van der Waals surface area (Å²) in [6, 6.07) is 8.40. The van der Waals surface area contributed by atoms with Crippen molar-refractivity contribution in [2.24, 2.45) is 5.73 Å². The molecule has 0 spiro atoms. The molecule has 3 rings (SSSR count). The van der Waals surface area contributed by atoms with Crippen molar-refractivity contribution in [1.82, 2.24) is 4.98 Å². The number of nitrogens with two attached hydrogens (primary N) is 1. The predicted molar refractivity (Wildman–Crippen MR) is 68.8 cm³/mol. The van der Waals surface area contributed by atoms with Crippen LogP contribution in [0.4, 0.5) is 0 Å². The molecule has 3 heteroatoms. The lowest BCUT2D eigenvalue weighted by molar-refractivity contribution is 0.229. The van der Waals surface area contributed by atoms with Gasteiger partial charge in [-0.15, -0.1) is 11.3 Å². The maximum atomic E-state index is 5.73. The molecule has 1 saturated carbocycles. The van der Waals surface area contributed by atoms with Gasteiger partial charge < -0.3 is 5.73 Å². The molecular weight excluding hydrogens is 216 g/mol. The Hall–Kier alpha value is -0.930. The highest BCUT2D eigenvalue weighted by atomic mass is 32.1. The van der Waals surface area contributed by atoms with Crippen molar-refractivity contribution in [2.45, 2.75) is 31.1 Å². The fourth-order valence-corrected chi connectivity index (χ4v) is 3.79. The zero-order valence-corrected chi connectivity index (χ0v) is 10.1. The Morgan fingerprint density at radius 3 is 2.75 bits per heavy atom. The van der Waals surface area contributed by atoms with E-state index >= 15 is 0 Å². The average molecular weight is 232 g/mol. The largest absolute Gasteiger partial charge is 0.330 e. The summed E-state index contributed by atoms with van der Waals surface area (Å²) >= 11 is 1.85. The van der Waals surface area contributed by atoms with Crippen molar-refractivity contribution in [2.75, 3.05) is 6.54 Å². The first-order chi connectivity index (χ1) is 7.84. The minimum atomic E-state index is 0.318. The fourth-order valence-electron chi connectivity index (χ4n) is 2.55. The van der Waals surface area contributed by atoms with E-state index in [0.717, 1.165) is 18.5 Å². The van der Waals surface area contributed by atoms with E-state index in [1.165, 1.54) is 29.0 Å². The molecule has 1 aromatic heterocycles. The number of hydrogen-bond donors (Lipinski definition) is 1. The van der Waals surface area contributed by atoms with Crippen LogP contribution in [0.3, 0.4) is 0 Å². The molecule has 0 aliphatic heterocycles. The van der Waals surface area contributed by atoms with Crippen LogP contribution in [0.25, 0.3) is 10.2 Å². The third-order valence-electron chi connectivity index (χ3n) is 3.68. The summed E-state index contributed by atoms with van der Waals surface area (Å²) < 4.78 is 1.31. The number of thiazole rings is 1. The Labute approximate surface area is 99.5 Å². The third kappa shape index (κ3) is 1.46. The lowest BCUT2D eigenvalue weighted by Gasteiger charge is -2.40. The number of aromatic nitrogens is 1. The van der Waals surface area contributed by atoms with Gasteiger partial charge in [0.15, 0.2) is 0 Å². The van der Waals surface area contributed by atoms with Gasteiger partial charge in [-0.3, -0.25) is 0 Å². The van der Waals surface area contributed by atoms with Crippen LogP contribution in [0.15, 0.2) is 24.3 Å². The highest BCUT2D eigenvalue weighted by molar-refractivity contribution is 7.18. The van der Waals surface area contributed by atoms with Crippen molar-refractivity contribution in [3.8, 4) is 0 Å². The van der Waals surface area contributed by atoms with Crippen LogP contribution in [-0.2, 0) is 5.41 Å². The standard InChI is InChI=1S/C13H16N2S/c14-9-8-13(6-3-7-13)12-15-10-4-1-2-5-11(10)16-12/h1-2,4-5H,3,6-9,14H2. The lowest BCUT2D eigenvalue weighted by Crippen LogP contribution is -2.36. The zero-order chi connectivity index (χ0) is 11.0. The van der Waals surface area contributed by atoms with Crippen LogP contribution >= 0.6 is 11.3 Å². The molecule has 0 amide bonds. The second-order valence-corrected chi connectivity index (χ2v) is 5.69. The van der Waals surface area contributed by atoms with Gasteiger partial charge in [-0.2, -0.15) is 0 Å². The number of rotatable bonds is 3. The molecule has 0 unspecified atom stereocenters. The molecule has 0 saturated heterocycles. The van der Waals surface area contributed by atoms with E-state index in [1.807, 2.05) is 11.3 Å². The maximum Gasteiger partial charge on any atom is 0.100 e. The summed E-state index contributed by atoms with van der Waals surface area (Å²) in [4.78, 5) is 4.79. The van der Waals surface area contributed by atoms with Gasteiger partial charge in [0.25, 0.3) is 0 Å². The van der Waals surface area contributed by atoms with E-state index in [1.54, 1.807) is 0 Å². The average Bonchev–Trinajstić information content (AvgIpc) is 2.66. The van der Waals surface area contributed by atoms with E-state index < -0.39 is 0 Å². The molecule has 1 aromatic carbocycles. The van der Waals surface area contributed by atoms with Gasteiger partial charge in [0.05, 0.1) is 10.2 Å².